The van der Waals surface area contributed by atoms with E-state index in [9.17, 15) is 4.79 Å². The molecule has 116 valence electrons. The third-order valence-electron chi connectivity index (χ3n) is 3.59. The zero-order valence-electron chi connectivity index (χ0n) is 12.8. The Kier molecular flexibility index (Phi) is 4.47. The highest BCUT2D eigenvalue weighted by Gasteiger charge is 2.22. The Hall–Kier alpha value is -1.82. The highest BCUT2D eigenvalue weighted by atomic mass is 32.2. The molecule has 1 aromatic heterocycles. The number of likely N-dealkylation sites (tertiary alicyclic amines) is 1. The van der Waals surface area contributed by atoms with Gasteiger partial charge in [-0.05, 0) is 25.8 Å². The van der Waals surface area contributed by atoms with E-state index in [1.165, 1.54) is 28.5 Å². The molecule has 1 amide bonds. The summed E-state index contributed by atoms with van der Waals surface area (Å²) in [5.74, 6) is 1.48. The van der Waals surface area contributed by atoms with Gasteiger partial charge < -0.3 is 9.32 Å². The van der Waals surface area contributed by atoms with Crippen molar-refractivity contribution in [1.29, 1.82) is 0 Å². The molecule has 1 saturated heterocycles. The summed E-state index contributed by atoms with van der Waals surface area (Å²) < 4.78 is 5.62. The minimum atomic E-state index is 0.169. The number of carbonyl (C=O) groups is 1. The Morgan fingerprint density at radius 2 is 2.00 bits per heavy atom. The lowest BCUT2D eigenvalue weighted by molar-refractivity contribution is -0.128. The largest absolute Gasteiger partial charge is 0.414 e. The van der Waals surface area contributed by atoms with Gasteiger partial charge in [-0.25, -0.2) is 0 Å². The number of carbonyl (C=O) groups excluding carboxylic acids is 1. The van der Waals surface area contributed by atoms with Crippen LogP contribution in [0.2, 0.25) is 0 Å². The Bertz CT molecular complexity index is 664. The molecule has 3 rings (SSSR count). The molecule has 0 bridgehead atoms. The molecule has 2 aromatic rings. The number of thioether (sulfide) groups is 1. The van der Waals surface area contributed by atoms with Crippen LogP contribution in [0.25, 0.3) is 0 Å². The van der Waals surface area contributed by atoms with E-state index in [4.69, 9.17) is 4.42 Å². The van der Waals surface area contributed by atoms with E-state index in [0.717, 1.165) is 18.7 Å². The topological polar surface area (TPSA) is 59.2 Å². The van der Waals surface area contributed by atoms with Gasteiger partial charge in [0.2, 0.25) is 11.8 Å². The average molecular weight is 317 g/mol. The van der Waals surface area contributed by atoms with Crippen molar-refractivity contribution in [2.45, 2.75) is 44.2 Å². The first-order valence-electron chi connectivity index (χ1n) is 7.40. The average Bonchev–Trinajstić information content (AvgIpc) is 3.06. The van der Waals surface area contributed by atoms with Crippen molar-refractivity contribution in [3.63, 3.8) is 0 Å². The Morgan fingerprint density at radius 3 is 2.68 bits per heavy atom. The number of hydrogen-bond acceptors (Lipinski definition) is 5. The number of rotatable bonds is 5. The van der Waals surface area contributed by atoms with E-state index in [0.29, 0.717) is 24.1 Å². The fourth-order valence-electron chi connectivity index (χ4n) is 2.69. The monoisotopic (exact) mass is 317 g/mol. The van der Waals surface area contributed by atoms with Crippen LogP contribution in [0.4, 0.5) is 0 Å². The Labute approximate surface area is 134 Å². The van der Waals surface area contributed by atoms with Crippen LogP contribution in [-0.2, 0) is 17.1 Å². The molecule has 0 aliphatic carbocycles. The first-order chi connectivity index (χ1) is 10.6. The molecule has 0 unspecified atom stereocenters. The predicted molar refractivity (Wildman–Crippen MR) is 84.4 cm³/mol. The van der Waals surface area contributed by atoms with Crippen molar-refractivity contribution in [2.24, 2.45) is 0 Å². The molecule has 0 spiro atoms. The third kappa shape index (κ3) is 3.68. The van der Waals surface area contributed by atoms with Gasteiger partial charge in [-0.2, -0.15) is 0 Å². The van der Waals surface area contributed by atoms with E-state index in [-0.39, 0.29) is 5.91 Å². The van der Waals surface area contributed by atoms with E-state index < -0.39 is 0 Å². The van der Waals surface area contributed by atoms with Gasteiger partial charge in [-0.1, -0.05) is 41.1 Å². The van der Waals surface area contributed by atoms with Gasteiger partial charge in [0.05, 0.1) is 6.54 Å². The van der Waals surface area contributed by atoms with Crippen LogP contribution >= 0.6 is 11.8 Å². The Balaban J connectivity index is 1.58. The lowest BCUT2D eigenvalue weighted by Gasteiger charge is -2.11. The summed E-state index contributed by atoms with van der Waals surface area (Å²) in [6, 6.07) is 6.49. The lowest BCUT2D eigenvalue weighted by atomic mass is 10.1. The van der Waals surface area contributed by atoms with Gasteiger partial charge in [0, 0.05) is 18.7 Å². The summed E-state index contributed by atoms with van der Waals surface area (Å²) in [6.07, 6.45) is 1.55. The van der Waals surface area contributed by atoms with E-state index in [1.54, 1.807) is 4.90 Å². The molecule has 22 heavy (non-hydrogen) atoms. The summed E-state index contributed by atoms with van der Waals surface area (Å²) in [7, 11) is 0. The maximum absolute atomic E-state index is 11.6. The standard InChI is InChI=1S/C16H19N3O2S/c1-11-6-12(2)8-13(7-11)10-22-16-18-17-14(21-16)9-19-5-3-4-15(19)20/h6-8H,3-5,9-10H2,1-2H3. The maximum Gasteiger partial charge on any atom is 0.276 e. The fraction of sp³-hybridized carbons (Fsp3) is 0.438. The molecule has 1 aromatic carbocycles. The number of amides is 1. The fourth-order valence-corrected chi connectivity index (χ4v) is 3.40. The second kappa shape index (κ2) is 6.52. The lowest BCUT2D eigenvalue weighted by Crippen LogP contribution is -2.23. The first-order valence-corrected chi connectivity index (χ1v) is 8.39. The molecular formula is C16H19N3O2S. The number of aromatic nitrogens is 2. The zero-order valence-corrected chi connectivity index (χ0v) is 13.7. The predicted octanol–water partition coefficient (Wildman–Crippen LogP) is 3.10. The van der Waals surface area contributed by atoms with Crippen molar-refractivity contribution in [3.05, 3.63) is 40.8 Å². The molecule has 1 aliphatic heterocycles. The molecule has 1 fully saturated rings. The summed E-state index contributed by atoms with van der Waals surface area (Å²) in [6.45, 7) is 5.40. The summed E-state index contributed by atoms with van der Waals surface area (Å²) in [4.78, 5) is 13.4. The molecule has 6 heteroatoms. The van der Waals surface area contributed by atoms with Crippen LogP contribution in [0.5, 0.6) is 0 Å². The van der Waals surface area contributed by atoms with Gasteiger partial charge in [0.15, 0.2) is 0 Å². The minimum absolute atomic E-state index is 0.169. The molecule has 0 N–H and O–H groups in total. The number of hydrogen-bond donors (Lipinski definition) is 0. The van der Waals surface area contributed by atoms with Gasteiger partial charge in [0.1, 0.15) is 0 Å². The van der Waals surface area contributed by atoms with Gasteiger partial charge in [0.25, 0.3) is 5.22 Å². The van der Waals surface area contributed by atoms with Gasteiger partial charge >= 0.3 is 0 Å². The molecule has 5 nitrogen and oxygen atoms in total. The molecule has 1 aliphatic rings. The summed E-state index contributed by atoms with van der Waals surface area (Å²) in [5.41, 5.74) is 3.76. The highest BCUT2D eigenvalue weighted by Crippen LogP contribution is 2.23. The number of aryl methyl sites for hydroxylation is 2. The van der Waals surface area contributed by atoms with Gasteiger partial charge in [-0.15, -0.1) is 10.2 Å². The molecule has 0 saturated carbocycles. The van der Waals surface area contributed by atoms with Crippen LogP contribution in [-0.4, -0.2) is 27.5 Å². The van der Waals surface area contributed by atoms with Crippen molar-refractivity contribution < 1.29 is 9.21 Å². The summed E-state index contributed by atoms with van der Waals surface area (Å²) in [5, 5.41) is 8.64. The highest BCUT2D eigenvalue weighted by molar-refractivity contribution is 7.98. The van der Waals surface area contributed by atoms with Crippen molar-refractivity contribution in [3.8, 4) is 0 Å². The van der Waals surface area contributed by atoms with Crippen molar-refractivity contribution in [1.82, 2.24) is 15.1 Å². The molecule has 0 atom stereocenters. The maximum atomic E-state index is 11.6. The van der Waals surface area contributed by atoms with Crippen LogP contribution in [0.15, 0.2) is 27.8 Å². The zero-order chi connectivity index (χ0) is 15.5. The normalized spacial score (nSPS) is 14.8. The van der Waals surface area contributed by atoms with Crippen LogP contribution in [0, 0.1) is 13.8 Å². The van der Waals surface area contributed by atoms with Crippen molar-refractivity contribution >= 4 is 17.7 Å². The third-order valence-corrected chi connectivity index (χ3v) is 4.48. The van der Waals surface area contributed by atoms with E-state index in [2.05, 4.69) is 42.2 Å². The SMILES string of the molecule is Cc1cc(C)cc(CSc2nnc(CN3CCCC3=O)o2)c1. The Morgan fingerprint density at radius 1 is 1.23 bits per heavy atom. The van der Waals surface area contributed by atoms with E-state index in [1.807, 2.05) is 0 Å². The quantitative estimate of drug-likeness (QED) is 0.793. The minimum Gasteiger partial charge on any atom is -0.414 e. The van der Waals surface area contributed by atoms with Crippen molar-refractivity contribution in [2.75, 3.05) is 6.54 Å². The van der Waals surface area contributed by atoms with Crippen LogP contribution < -0.4 is 0 Å². The molecular weight excluding hydrogens is 298 g/mol. The number of benzene rings is 1. The van der Waals surface area contributed by atoms with Gasteiger partial charge in [-0.3, -0.25) is 4.79 Å². The second-order valence-electron chi connectivity index (χ2n) is 5.67. The first kappa shape index (κ1) is 15.1. The molecule has 2 heterocycles. The molecule has 0 radical (unpaired) electrons. The van der Waals surface area contributed by atoms with E-state index >= 15 is 0 Å². The second-order valence-corrected chi connectivity index (χ2v) is 6.59. The van der Waals surface area contributed by atoms with Crippen LogP contribution in [0.1, 0.15) is 35.4 Å². The number of nitrogens with zero attached hydrogens (tertiary/aromatic N) is 3. The smallest absolute Gasteiger partial charge is 0.276 e. The summed E-state index contributed by atoms with van der Waals surface area (Å²) >= 11 is 1.53. The van der Waals surface area contributed by atoms with Crippen LogP contribution in [0.3, 0.4) is 0 Å².